The SMILES string of the molecule is Cc1cnn([C@H]2[C@@H]3OC[C@@H](O3)[C@@H](NC(=O)NC(C)C)[C@@H]2O)c1. The molecule has 2 bridgehead atoms. The number of ether oxygens (including phenoxy) is 2. The van der Waals surface area contributed by atoms with E-state index in [4.69, 9.17) is 9.47 Å². The van der Waals surface area contributed by atoms with E-state index in [-0.39, 0.29) is 18.2 Å². The molecule has 0 aromatic carbocycles. The molecule has 1 aromatic rings. The van der Waals surface area contributed by atoms with Crippen LogP contribution in [-0.2, 0) is 9.47 Å². The first-order chi connectivity index (χ1) is 10.5. The van der Waals surface area contributed by atoms with Crippen LogP contribution in [0.2, 0.25) is 0 Å². The van der Waals surface area contributed by atoms with Crippen LogP contribution in [0.15, 0.2) is 12.4 Å². The third-order valence-electron chi connectivity index (χ3n) is 3.88. The second kappa shape index (κ2) is 5.86. The number of hydrogen-bond acceptors (Lipinski definition) is 5. The maximum atomic E-state index is 11.9. The summed E-state index contributed by atoms with van der Waals surface area (Å²) >= 11 is 0. The van der Waals surface area contributed by atoms with Gasteiger partial charge in [-0.05, 0) is 26.3 Å². The van der Waals surface area contributed by atoms with Gasteiger partial charge in [-0.3, -0.25) is 4.68 Å². The molecule has 2 aliphatic rings. The van der Waals surface area contributed by atoms with Crippen LogP contribution in [-0.4, -0.2) is 58.1 Å². The van der Waals surface area contributed by atoms with Gasteiger partial charge >= 0.3 is 6.03 Å². The summed E-state index contributed by atoms with van der Waals surface area (Å²) in [4.78, 5) is 11.9. The van der Waals surface area contributed by atoms with E-state index >= 15 is 0 Å². The minimum absolute atomic E-state index is 0.0128. The molecule has 2 aliphatic heterocycles. The Morgan fingerprint density at radius 3 is 2.95 bits per heavy atom. The average Bonchev–Trinajstić information content (AvgIpc) is 3.03. The normalized spacial score (nSPS) is 34.0. The van der Waals surface area contributed by atoms with E-state index in [1.165, 1.54) is 0 Å². The Balaban J connectivity index is 1.77. The first-order valence-corrected chi connectivity index (χ1v) is 7.48. The third-order valence-corrected chi connectivity index (χ3v) is 3.88. The second-order valence-corrected chi connectivity index (χ2v) is 6.15. The van der Waals surface area contributed by atoms with Crippen LogP contribution < -0.4 is 10.6 Å². The number of aliphatic hydroxyl groups excluding tert-OH is 1. The van der Waals surface area contributed by atoms with E-state index in [1.807, 2.05) is 27.0 Å². The van der Waals surface area contributed by atoms with Gasteiger partial charge in [0.2, 0.25) is 0 Å². The summed E-state index contributed by atoms with van der Waals surface area (Å²) < 4.78 is 13.0. The van der Waals surface area contributed by atoms with Crippen molar-refractivity contribution in [1.29, 1.82) is 0 Å². The fourth-order valence-electron chi connectivity index (χ4n) is 2.91. The fourth-order valence-corrected chi connectivity index (χ4v) is 2.91. The van der Waals surface area contributed by atoms with Gasteiger partial charge in [0.05, 0.1) is 18.8 Å². The lowest BCUT2D eigenvalue weighted by molar-refractivity contribution is -0.166. The van der Waals surface area contributed by atoms with Crippen LogP contribution in [0, 0.1) is 6.92 Å². The molecular weight excluding hydrogens is 288 g/mol. The summed E-state index contributed by atoms with van der Waals surface area (Å²) in [6.07, 6.45) is 1.78. The molecular formula is C14H22N4O4. The number of aromatic nitrogens is 2. The van der Waals surface area contributed by atoms with Crippen molar-refractivity contribution in [2.24, 2.45) is 0 Å². The van der Waals surface area contributed by atoms with Crippen molar-refractivity contribution in [1.82, 2.24) is 20.4 Å². The zero-order valence-corrected chi connectivity index (χ0v) is 12.9. The van der Waals surface area contributed by atoms with Gasteiger partial charge in [0.15, 0.2) is 6.29 Å². The summed E-state index contributed by atoms with van der Waals surface area (Å²) in [5, 5.41) is 20.5. The van der Waals surface area contributed by atoms with Crippen molar-refractivity contribution in [2.75, 3.05) is 6.61 Å². The van der Waals surface area contributed by atoms with E-state index in [0.717, 1.165) is 5.56 Å². The molecule has 5 atom stereocenters. The Labute approximate surface area is 128 Å². The summed E-state index contributed by atoms with van der Waals surface area (Å²) in [5.74, 6) is 0. The molecule has 0 unspecified atom stereocenters. The number of amides is 2. The van der Waals surface area contributed by atoms with Gasteiger partial charge in [-0.25, -0.2) is 4.79 Å². The smallest absolute Gasteiger partial charge is 0.315 e. The van der Waals surface area contributed by atoms with Crippen LogP contribution in [0.3, 0.4) is 0 Å². The standard InChI is InChI=1S/C14H22N4O4/c1-7(2)16-14(20)17-10-9-6-21-13(22-9)11(12(10)19)18-5-8(3)4-15-18/h4-5,7,9-13,19H,6H2,1-3H3,(H2,16,17,20)/t9-,10-,11-,12+,13-/m1/s1. The molecule has 2 fully saturated rings. The molecule has 22 heavy (non-hydrogen) atoms. The predicted octanol–water partition coefficient (Wildman–Crippen LogP) is -0.0752. The Bertz CT molecular complexity index is 547. The molecule has 0 spiro atoms. The highest BCUT2D eigenvalue weighted by molar-refractivity contribution is 5.74. The molecule has 0 radical (unpaired) electrons. The van der Waals surface area contributed by atoms with Gasteiger partial charge in [-0.15, -0.1) is 0 Å². The fraction of sp³-hybridized carbons (Fsp3) is 0.714. The lowest BCUT2D eigenvalue weighted by Gasteiger charge is -2.38. The lowest BCUT2D eigenvalue weighted by Crippen LogP contribution is -2.60. The summed E-state index contributed by atoms with van der Waals surface area (Å²) in [6, 6.07) is -1.36. The second-order valence-electron chi connectivity index (χ2n) is 6.15. The van der Waals surface area contributed by atoms with Crippen LogP contribution in [0.4, 0.5) is 4.79 Å². The average molecular weight is 310 g/mol. The van der Waals surface area contributed by atoms with Crippen LogP contribution >= 0.6 is 0 Å². The predicted molar refractivity (Wildman–Crippen MR) is 77.2 cm³/mol. The van der Waals surface area contributed by atoms with Gasteiger partial charge in [-0.1, -0.05) is 0 Å². The number of nitrogens with one attached hydrogen (secondary N) is 2. The van der Waals surface area contributed by atoms with Crippen molar-refractivity contribution < 1.29 is 19.4 Å². The number of nitrogens with zero attached hydrogens (tertiary/aromatic N) is 2. The molecule has 8 heteroatoms. The zero-order chi connectivity index (χ0) is 15.9. The third kappa shape index (κ3) is 2.81. The van der Waals surface area contributed by atoms with Crippen molar-refractivity contribution in [2.45, 2.75) is 57.4 Å². The maximum Gasteiger partial charge on any atom is 0.315 e. The number of carbonyl (C=O) groups is 1. The number of aliphatic hydroxyl groups is 1. The molecule has 1 aromatic heterocycles. The van der Waals surface area contributed by atoms with E-state index in [0.29, 0.717) is 6.61 Å². The maximum absolute atomic E-state index is 11.9. The molecule has 122 valence electrons. The highest BCUT2D eigenvalue weighted by Gasteiger charge is 2.51. The van der Waals surface area contributed by atoms with Gasteiger partial charge in [0.25, 0.3) is 0 Å². The van der Waals surface area contributed by atoms with Gasteiger partial charge in [0.1, 0.15) is 18.2 Å². The Kier molecular flexibility index (Phi) is 4.07. The van der Waals surface area contributed by atoms with E-state index < -0.39 is 24.5 Å². The highest BCUT2D eigenvalue weighted by atomic mass is 16.7. The van der Waals surface area contributed by atoms with Gasteiger partial charge in [0, 0.05) is 12.2 Å². The van der Waals surface area contributed by atoms with E-state index in [9.17, 15) is 9.90 Å². The van der Waals surface area contributed by atoms with Gasteiger partial charge in [-0.2, -0.15) is 5.10 Å². The van der Waals surface area contributed by atoms with E-state index in [2.05, 4.69) is 15.7 Å². The summed E-state index contributed by atoms with van der Waals surface area (Å²) in [5.41, 5.74) is 0.981. The molecule has 2 saturated heterocycles. The molecule has 3 N–H and O–H groups in total. The molecule has 3 heterocycles. The summed E-state index contributed by atoms with van der Waals surface area (Å²) in [7, 11) is 0. The van der Waals surface area contributed by atoms with E-state index in [1.54, 1.807) is 10.9 Å². The first-order valence-electron chi connectivity index (χ1n) is 7.48. The Morgan fingerprint density at radius 2 is 2.32 bits per heavy atom. The molecule has 3 rings (SSSR count). The minimum Gasteiger partial charge on any atom is -0.388 e. The number of fused-ring (bicyclic) bond motifs is 2. The molecule has 0 aliphatic carbocycles. The molecule has 8 nitrogen and oxygen atoms in total. The van der Waals surface area contributed by atoms with Gasteiger partial charge < -0.3 is 25.2 Å². The highest BCUT2D eigenvalue weighted by Crippen LogP contribution is 2.35. The first kappa shape index (κ1) is 15.3. The molecule has 2 amide bonds. The van der Waals surface area contributed by atoms with Crippen molar-refractivity contribution >= 4 is 6.03 Å². The molecule has 0 saturated carbocycles. The zero-order valence-electron chi connectivity index (χ0n) is 12.9. The van der Waals surface area contributed by atoms with Crippen molar-refractivity contribution in [3.8, 4) is 0 Å². The quantitative estimate of drug-likeness (QED) is 0.726. The largest absolute Gasteiger partial charge is 0.388 e. The van der Waals surface area contributed by atoms with Crippen molar-refractivity contribution in [3.05, 3.63) is 18.0 Å². The number of rotatable bonds is 3. The van der Waals surface area contributed by atoms with Crippen molar-refractivity contribution in [3.63, 3.8) is 0 Å². The topological polar surface area (TPSA) is 97.6 Å². The number of aryl methyl sites for hydroxylation is 1. The summed E-state index contributed by atoms with van der Waals surface area (Å²) in [6.45, 7) is 6.00. The number of hydrogen-bond donors (Lipinski definition) is 3. The van der Waals surface area contributed by atoms with Crippen LogP contribution in [0.5, 0.6) is 0 Å². The minimum atomic E-state index is -0.844. The van der Waals surface area contributed by atoms with Crippen LogP contribution in [0.25, 0.3) is 0 Å². The monoisotopic (exact) mass is 310 g/mol. The number of carbonyl (C=O) groups excluding carboxylic acids is 1. The van der Waals surface area contributed by atoms with Crippen LogP contribution in [0.1, 0.15) is 25.5 Å². The Hall–Kier alpha value is -1.64. The number of urea groups is 1. The Morgan fingerprint density at radius 1 is 1.55 bits per heavy atom. The lowest BCUT2D eigenvalue weighted by atomic mass is 9.96.